The summed E-state index contributed by atoms with van der Waals surface area (Å²) in [6, 6.07) is 17.7. The van der Waals surface area contributed by atoms with Gasteiger partial charge in [0.1, 0.15) is 23.9 Å². The lowest BCUT2D eigenvalue weighted by Gasteiger charge is -2.10. The number of aromatic nitrogens is 1. The Bertz CT molecular complexity index is 1440. The molecule has 1 aliphatic heterocycles. The Balaban J connectivity index is 1.42. The molecule has 4 aromatic rings. The van der Waals surface area contributed by atoms with Crippen LogP contribution in [0.5, 0.6) is 17.2 Å². The Morgan fingerprint density at radius 3 is 2.62 bits per heavy atom. The zero-order valence-electron chi connectivity index (χ0n) is 19.8. The van der Waals surface area contributed by atoms with Gasteiger partial charge in [0.25, 0.3) is 0 Å². The van der Waals surface area contributed by atoms with E-state index in [2.05, 4.69) is 43.5 Å². The van der Waals surface area contributed by atoms with Crippen LogP contribution in [0.25, 0.3) is 17.0 Å². The van der Waals surface area contributed by atoms with Crippen molar-refractivity contribution in [2.75, 3.05) is 7.11 Å². The van der Waals surface area contributed by atoms with E-state index in [0.29, 0.717) is 29.4 Å². The molecule has 0 atom stereocenters. The first kappa shape index (κ1) is 21.8. The molecule has 5 rings (SSSR count). The van der Waals surface area contributed by atoms with E-state index in [1.165, 1.54) is 11.1 Å². The molecule has 0 bridgehead atoms. The highest BCUT2D eigenvalue weighted by Gasteiger charge is 2.28. The quantitative estimate of drug-likeness (QED) is 0.314. The summed E-state index contributed by atoms with van der Waals surface area (Å²) in [4.78, 5) is 13.0. The fourth-order valence-corrected chi connectivity index (χ4v) is 4.32. The smallest absolute Gasteiger partial charge is 0.231 e. The van der Waals surface area contributed by atoms with Gasteiger partial charge in [0.05, 0.1) is 12.7 Å². The van der Waals surface area contributed by atoms with Gasteiger partial charge in [0.2, 0.25) is 5.78 Å². The third-order valence-electron chi connectivity index (χ3n) is 6.29. The van der Waals surface area contributed by atoms with E-state index in [0.717, 1.165) is 34.3 Å². The molecule has 3 aromatic carbocycles. The minimum Gasteiger partial charge on any atom is -0.497 e. The number of aryl methyl sites for hydroxylation is 3. The molecule has 0 fully saturated rings. The number of carbonyl (C=O) groups is 1. The fraction of sp³-hybridized carbons (Fsp3) is 0.207. The number of hydrogen-bond acceptors (Lipinski definition) is 4. The highest BCUT2D eigenvalue weighted by molar-refractivity contribution is 6.15. The second kappa shape index (κ2) is 8.75. The lowest BCUT2D eigenvalue weighted by atomic mass is 10.1. The first-order valence-corrected chi connectivity index (χ1v) is 11.4. The van der Waals surface area contributed by atoms with E-state index in [4.69, 9.17) is 14.2 Å². The van der Waals surface area contributed by atoms with Crippen molar-refractivity contribution < 1.29 is 19.0 Å². The van der Waals surface area contributed by atoms with Crippen LogP contribution in [0.2, 0.25) is 0 Å². The number of nitrogens with zero attached hydrogens (tertiary/aromatic N) is 1. The van der Waals surface area contributed by atoms with Crippen molar-refractivity contribution in [1.29, 1.82) is 0 Å². The average molecular weight is 454 g/mol. The van der Waals surface area contributed by atoms with Gasteiger partial charge in [0, 0.05) is 35.3 Å². The van der Waals surface area contributed by atoms with Crippen LogP contribution in [0.4, 0.5) is 0 Å². The number of ketones is 1. The van der Waals surface area contributed by atoms with Gasteiger partial charge in [-0.25, -0.2) is 0 Å². The van der Waals surface area contributed by atoms with Crippen LogP contribution in [0, 0.1) is 13.8 Å². The number of allylic oxidation sites excluding steroid dienone is 1. The van der Waals surface area contributed by atoms with Crippen molar-refractivity contribution in [3.05, 3.63) is 94.4 Å². The molecule has 0 unspecified atom stereocenters. The van der Waals surface area contributed by atoms with Gasteiger partial charge < -0.3 is 18.8 Å². The van der Waals surface area contributed by atoms with E-state index in [-0.39, 0.29) is 5.78 Å². The Morgan fingerprint density at radius 1 is 1.00 bits per heavy atom. The third-order valence-corrected chi connectivity index (χ3v) is 6.29. The summed E-state index contributed by atoms with van der Waals surface area (Å²) in [5, 5.41) is 1.01. The molecule has 0 N–H and O–H groups in total. The number of benzene rings is 3. The molecule has 0 saturated carbocycles. The van der Waals surface area contributed by atoms with Crippen LogP contribution >= 0.6 is 0 Å². The first-order chi connectivity index (χ1) is 16.5. The van der Waals surface area contributed by atoms with Crippen molar-refractivity contribution in [3.63, 3.8) is 0 Å². The van der Waals surface area contributed by atoms with E-state index in [9.17, 15) is 4.79 Å². The molecule has 5 heteroatoms. The highest BCUT2D eigenvalue weighted by Crippen LogP contribution is 2.36. The largest absolute Gasteiger partial charge is 0.497 e. The summed E-state index contributed by atoms with van der Waals surface area (Å²) >= 11 is 0. The topological polar surface area (TPSA) is 49.7 Å². The number of fused-ring (bicyclic) bond motifs is 2. The second-order valence-electron chi connectivity index (χ2n) is 8.57. The minimum absolute atomic E-state index is 0.128. The van der Waals surface area contributed by atoms with Crippen LogP contribution in [-0.2, 0) is 13.2 Å². The molecular formula is C29H27NO4. The Hall–Kier alpha value is -3.99. The molecule has 172 valence electrons. The zero-order valence-corrected chi connectivity index (χ0v) is 19.8. The van der Waals surface area contributed by atoms with Crippen LogP contribution < -0.4 is 14.2 Å². The van der Waals surface area contributed by atoms with E-state index in [1.807, 2.05) is 36.5 Å². The SMILES string of the molecule is CCn1cc(/C=C2/Oc3cc(OCc4cc(C)ccc4C)ccc3C2=O)c2cc(OC)ccc21. The number of carbonyl (C=O) groups excluding carboxylic acids is 1. The maximum Gasteiger partial charge on any atom is 0.231 e. The summed E-state index contributed by atoms with van der Waals surface area (Å²) in [5.74, 6) is 2.14. The van der Waals surface area contributed by atoms with Crippen molar-refractivity contribution in [1.82, 2.24) is 4.57 Å². The van der Waals surface area contributed by atoms with Crippen molar-refractivity contribution >= 4 is 22.8 Å². The van der Waals surface area contributed by atoms with Gasteiger partial charge in [-0.3, -0.25) is 4.79 Å². The van der Waals surface area contributed by atoms with E-state index in [1.54, 1.807) is 19.2 Å². The lowest BCUT2D eigenvalue weighted by molar-refractivity contribution is 0.101. The van der Waals surface area contributed by atoms with Crippen molar-refractivity contribution in [2.24, 2.45) is 0 Å². The summed E-state index contributed by atoms with van der Waals surface area (Å²) < 4.78 is 19.6. The number of rotatable bonds is 6. The zero-order chi connectivity index (χ0) is 23.8. The summed E-state index contributed by atoms with van der Waals surface area (Å²) in [6.45, 7) is 7.52. The standard InChI is InChI=1S/C29H27NO4/c1-5-30-16-20(25-14-22(32-4)9-11-26(25)30)13-28-29(31)24-10-8-23(15-27(24)34-28)33-17-21-12-18(2)6-7-19(21)3/h6-16H,5,17H2,1-4H3/b28-13+. The normalized spacial score (nSPS) is 13.9. The molecule has 5 nitrogen and oxygen atoms in total. The molecule has 1 aromatic heterocycles. The molecule has 0 spiro atoms. The predicted molar refractivity (Wildman–Crippen MR) is 134 cm³/mol. The number of Topliss-reactive ketones (excluding diaryl/α,β-unsaturated/α-hetero) is 1. The molecular weight excluding hydrogens is 426 g/mol. The second-order valence-corrected chi connectivity index (χ2v) is 8.57. The number of ether oxygens (including phenoxy) is 3. The molecule has 0 radical (unpaired) electrons. The Kier molecular flexibility index (Phi) is 5.62. The van der Waals surface area contributed by atoms with Crippen LogP contribution in [-0.4, -0.2) is 17.5 Å². The first-order valence-electron chi connectivity index (χ1n) is 11.4. The maximum atomic E-state index is 13.0. The summed E-state index contributed by atoms with van der Waals surface area (Å²) in [6.07, 6.45) is 3.85. The Morgan fingerprint density at radius 2 is 1.82 bits per heavy atom. The van der Waals surface area contributed by atoms with E-state index < -0.39 is 0 Å². The fourth-order valence-electron chi connectivity index (χ4n) is 4.32. The van der Waals surface area contributed by atoms with Crippen LogP contribution in [0.3, 0.4) is 0 Å². The average Bonchev–Trinajstić information content (AvgIpc) is 3.36. The molecule has 2 heterocycles. The van der Waals surface area contributed by atoms with Gasteiger partial charge in [-0.15, -0.1) is 0 Å². The Labute approximate surface area is 199 Å². The number of hydrogen-bond donors (Lipinski definition) is 0. The maximum absolute atomic E-state index is 13.0. The predicted octanol–water partition coefficient (Wildman–Crippen LogP) is 6.48. The highest BCUT2D eigenvalue weighted by atomic mass is 16.5. The molecule has 0 aliphatic carbocycles. The van der Waals surface area contributed by atoms with Gasteiger partial charge >= 0.3 is 0 Å². The monoisotopic (exact) mass is 453 g/mol. The molecule has 34 heavy (non-hydrogen) atoms. The third kappa shape index (κ3) is 3.94. The lowest BCUT2D eigenvalue weighted by Crippen LogP contribution is -1.99. The van der Waals surface area contributed by atoms with Gasteiger partial charge in [-0.2, -0.15) is 0 Å². The van der Waals surface area contributed by atoms with Gasteiger partial charge in [-0.1, -0.05) is 23.8 Å². The van der Waals surface area contributed by atoms with Crippen LogP contribution in [0.1, 0.15) is 39.5 Å². The number of methoxy groups -OCH3 is 1. The minimum atomic E-state index is -0.128. The van der Waals surface area contributed by atoms with Gasteiger partial charge in [0.15, 0.2) is 5.76 Å². The molecule has 0 saturated heterocycles. The summed E-state index contributed by atoms with van der Waals surface area (Å²) in [5.41, 5.74) is 6.07. The van der Waals surface area contributed by atoms with Crippen LogP contribution in [0.15, 0.2) is 66.6 Å². The van der Waals surface area contributed by atoms with Crippen molar-refractivity contribution in [2.45, 2.75) is 33.9 Å². The van der Waals surface area contributed by atoms with E-state index >= 15 is 0 Å². The molecule has 1 aliphatic rings. The summed E-state index contributed by atoms with van der Waals surface area (Å²) in [7, 11) is 1.65. The van der Waals surface area contributed by atoms with Gasteiger partial charge in [-0.05, 0) is 68.3 Å². The molecule has 0 amide bonds. The van der Waals surface area contributed by atoms with Crippen molar-refractivity contribution in [3.8, 4) is 17.2 Å².